The lowest BCUT2D eigenvalue weighted by molar-refractivity contribution is 0.405. The highest BCUT2D eigenvalue weighted by atomic mass is 15.2. The maximum absolute atomic E-state index is 4.58. The van der Waals surface area contributed by atoms with E-state index in [0.717, 1.165) is 13.1 Å². The molecule has 0 saturated heterocycles. The van der Waals surface area contributed by atoms with E-state index in [9.17, 15) is 0 Å². The molecule has 2 aliphatic rings. The number of rotatable bonds is 0. The third-order valence-electron chi connectivity index (χ3n) is 2.77. The standard InChI is InChI=1S/C11H12N2/c1-2-5-10-9(4-1)8-13-7-3-6-12-11(10)13/h1-2,4-5H,3,6-8H2. The SMILES string of the molecule is c1ccc2c(c1)CN1CCCN=C21. The summed E-state index contributed by atoms with van der Waals surface area (Å²) in [6.07, 6.45) is 1.21. The van der Waals surface area contributed by atoms with E-state index < -0.39 is 0 Å². The lowest BCUT2D eigenvalue weighted by Crippen LogP contribution is -2.30. The lowest BCUT2D eigenvalue weighted by atomic mass is 10.1. The molecule has 0 aromatic heterocycles. The molecule has 1 aromatic rings. The maximum Gasteiger partial charge on any atom is 0.131 e. The molecule has 1 aromatic carbocycles. The molecule has 2 heterocycles. The topological polar surface area (TPSA) is 15.6 Å². The van der Waals surface area contributed by atoms with Gasteiger partial charge in [-0.15, -0.1) is 0 Å². The number of hydrogen-bond acceptors (Lipinski definition) is 2. The van der Waals surface area contributed by atoms with Gasteiger partial charge in [-0.05, 0) is 12.0 Å². The van der Waals surface area contributed by atoms with E-state index in [1.807, 2.05) is 0 Å². The number of fused-ring (bicyclic) bond motifs is 3. The Labute approximate surface area is 77.9 Å². The van der Waals surface area contributed by atoms with Crippen LogP contribution in [0.4, 0.5) is 0 Å². The van der Waals surface area contributed by atoms with Crippen molar-refractivity contribution in [2.75, 3.05) is 13.1 Å². The van der Waals surface area contributed by atoms with Gasteiger partial charge in [-0.2, -0.15) is 0 Å². The van der Waals surface area contributed by atoms with Crippen molar-refractivity contribution < 1.29 is 0 Å². The first kappa shape index (κ1) is 7.13. The molecule has 0 atom stereocenters. The molecule has 0 amide bonds. The van der Waals surface area contributed by atoms with E-state index in [0.29, 0.717) is 0 Å². The van der Waals surface area contributed by atoms with Crippen LogP contribution in [0.25, 0.3) is 0 Å². The van der Waals surface area contributed by atoms with Crippen LogP contribution < -0.4 is 0 Å². The van der Waals surface area contributed by atoms with Gasteiger partial charge in [0.25, 0.3) is 0 Å². The highest BCUT2D eigenvalue weighted by Gasteiger charge is 2.25. The van der Waals surface area contributed by atoms with Crippen LogP contribution in [0.3, 0.4) is 0 Å². The van der Waals surface area contributed by atoms with Crippen LogP contribution >= 0.6 is 0 Å². The average molecular weight is 172 g/mol. The molecular formula is C11H12N2. The minimum Gasteiger partial charge on any atom is -0.352 e. The summed E-state index contributed by atoms with van der Waals surface area (Å²) in [5.74, 6) is 1.22. The number of aliphatic imine (C=N–C) groups is 1. The molecule has 0 unspecified atom stereocenters. The summed E-state index contributed by atoms with van der Waals surface area (Å²) in [5.41, 5.74) is 2.78. The molecule has 2 nitrogen and oxygen atoms in total. The first-order chi connectivity index (χ1) is 6.45. The number of amidine groups is 1. The summed E-state index contributed by atoms with van der Waals surface area (Å²) in [4.78, 5) is 6.96. The highest BCUT2D eigenvalue weighted by Crippen LogP contribution is 2.24. The summed E-state index contributed by atoms with van der Waals surface area (Å²) >= 11 is 0. The van der Waals surface area contributed by atoms with Crippen LogP contribution in [0.15, 0.2) is 29.3 Å². The van der Waals surface area contributed by atoms with E-state index in [-0.39, 0.29) is 0 Å². The molecule has 0 radical (unpaired) electrons. The molecule has 2 heteroatoms. The van der Waals surface area contributed by atoms with Gasteiger partial charge in [0.15, 0.2) is 0 Å². The molecule has 0 aliphatic carbocycles. The zero-order chi connectivity index (χ0) is 8.67. The van der Waals surface area contributed by atoms with Gasteiger partial charge in [-0.1, -0.05) is 24.3 Å². The van der Waals surface area contributed by atoms with E-state index in [1.165, 1.54) is 29.9 Å². The van der Waals surface area contributed by atoms with Crippen molar-refractivity contribution in [2.45, 2.75) is 13.0 Å². The van der Waals surface area contributed by atoms with Gasteiger partial charge in [0.1, 0.15) is 5.84 Å². The van der Waals surface area contributed by atoms with Crippen molar-refractivity contribution in [1.82, 2.24) is 4.90 Å². The molecular weight excluding hydrogens is 160 g/mol. The fourth-order valence-corrected chi connectivity index (χ4v) is 2.14. The minimum absolute atomic E-state index is 1.00. The van der Waals surface area contributed by atoms with E-state index in [4.69, 9.17) is 0 Å². The average Bonchev–Trinajstić information content (AvgIpc) is 2.56. The first-order valence-corrected chi connectivity index (χ1v) is 4.83. The second-order valence-electron chi connectivity index (χ2n) is 3.64. The molecule has 2 aliphatic heterocycles. The Balaban J connectivity index is 2.13. The summed E-state index contributed by atoms with van der Waals surface area (Å²) in [5, 5.41) is 0. The van der Waals surface area contributed by atoms with Crippen LogP contribution in [0.1, 0.15) is 17.5 Å². The van der Waals surface area contributed by atoms with E-state index >= 15 is 0 Å². The predicted molar refractivity (Wildman–Crippen MR) is 52.9 cm³/mol. The Bertz CT molecular complexity index is 368. The fraction of sp³-hybridized carbons (Fsp3) is 0.364. The lowest BCUT2D eigenvalue weighted by Gasteiger charge is -2.22. The zero-order valence-electron chi connectivity index (χ0n) is 7.53. The third-order valence-corrected chi connectivity index (χ3v) is 2.77. The Kier molecular flexibility index (Phi) is 1.42. The van der Waals surface area contributed by atoms with Gasteiger partial charge in [0.2, 0.25) is 0 Å². The zero-order valence-corrected chi connectivity index (χ0v) is 7.53. The van der Waals surface area contributed by atoms with Gasteiger partial charge in [0, 0.05) is 25.2 Å². The molecule has 13 heavy (non-hydrogen) atoms. The molecule has 0 N–H and O–H groups in total. The van der Waals surface area contributed by atoms with Gasteiger partial charge < -0.3 is 4.90 Å². The number of hydrogen-bond donors (Lipinski definition) is 0. The van der Waals surface area contributed by atoms with Crippen LogP contribution in [-0.4, -0.2) is 23.8 Å². The van der Waals surface area contributed by atoms with Crippen LogP contribution in [0.2, 0.25) is 0 Å². The fourth-order valence-electron chi connectivity index (χ4n) is 2.14. The van der Waals surface area contributed by atoms with Crippen LogP contribution in [0.5, 0.6) is 0 Å². The van der Waals surface area contributed by atoms with Crippen molar-refractivity contribution in [3.63, 3.8) is 0 Å². The molecule has 66 valence electrons. The smallest absolute Gasteiger partial charge is 0.131 e. The number of nitrogens with zero attached hydrogens (tertiary/aromatic N) is 2. The largest absolute Gasteiger partial charge is 0.352 e. The minimum atomic E-state index is 1.00. The van der Waals surface area contributed by atoms with Crippen LogP contribution in [0, 0.1) is 0 Å². The monoisotopic (exact) mass is 172 g/mol. The molecule has 3 rings (SSSR count). The Morgan fingerprint density at radius 1 is 1.23 bits per heavy atom. The highest BCUT2D eigenvalue weighted by molar-refractivity contribution is 6.02. The Morgan fingerprint density at radius 2 is 2.15 bits per heavy atom. The van der Waals surface area contributed by atoms with Crippen molar-refractivity contribution in [1.29, 1.82) is 0 Å². The molecule has 0 fully saturated rings. The summed E-state index contributed by atoms with van der Waals surface area (Å²) in [7, 11) is 0. The van der Waals surface area contributed by atoms with Crippen molar-refractivity contribution in [3.8, 4) is 0 Å². The van der Waals surface area contributed by atoms with Gasteiger partial charge in [-0.3, -0.25) is 4.99 Å². The first-order valence-electron chi connectivity index (χ1n) is 4.83. The van der Waals surface area contributed by atoms with Crippen molar-refractivity contribution in [3.05, 3.63) is 35.4 Å². The number of benzene rings is 1. The van der Waals surface area contributed by atoms with Crippen molar-refractivity contribution >= 4 is 5.84 Å². The third kappa shape index (κ3) is 0.981. The molecule has 0 spiro atoms. The normalized spacial score (nSPS) is 19.4. The molecule has 0 bridgehead atoms. The Hall–Kier alpha value is -1.31. The molecule has 0 saturated carbocycles. The van der Waals surface area contributed by atoms with Crippen molar-refractivity contribution in [2.24, 2.45) is 4.99 Å². The second-order valence-corrected chi connectivity index (χ2v) is 3.64. The predicted octanol–water partition coefficient (Wildman–Crippen LogP) is 1.65. The van der Waals surface area contributed by atoms with Gasteiger partial charge in [0.05, 0.1) is 0 Å². The maximum atomic E-state index is 4.58. The van der Waals surface area contributed by atoms with Crippen LogP contribution in [-0.2, 0) is 6.54 Å². The van der Waals surface area contributed by atoms with E-state index in [1.54, 1.807) is 0 Å². The summed E-state index contributed by atoms with van der Waals surface area (Å²) in [6, 6.07) is 8.59. The van der Waals surface area contributed by atoms with E-state index in [2.05, 4.69) is 34.2 Å². The van der Waals surface area contributed by atoms with Gasteiger partial charge in [-0.25, -0.2) is 0 Å². The summed E-state index contributed by atoms with van der Waals surface area (Å²) < 4.78 is 0. The summed E-state index contributed by atoms with van der Waals surface area (Å²) in [6.45, 7) is 3.24. The quantitative estimate of drug-likeness (QED) is 0.581. The Morgan fingerprint density at radius 3 is 3.15 bits per heavy atom. The van der Waals surface area contributed by atoms with Gasteiger partial charge >= 0.3 is 0 Å². The second kappa shape index (κ2) is 2.59.